The Balaban J connectivity index is 2.64. The van der Waals surface area contributed by atoms with Crippen molar-refractivity contribution < 1.29 is 22.7 Å². The van der Waals surface area contributed by atoms with E-state index < -0.39 is 21.6 Å². The van der Waals surface area contributed by atoms with Gasteiger partial charge in [0.2, 0.25) is 0 Å². The molecule has 0 N–H and O–H groups in total. The normalized spacial score (nSPS) is 11.1. The third kappa shape index (κ3) is 5.67. The van der Waals surface area contributed by atoms with Crippen LogP contribution in [0.3, 0.4) is 0 Å². The summed E-state index contributed by atoms with van der Waals surface area (Å²) in [6.45, 7) is 3.67. The summed E-state index contributed by atoms with van der Waals surface area (Å²) in [4.78, 5) is 22.7. The van der Waals surface area contributed by atoms with E-state index in [4.69, 9.17) is 4.74 Å². The molecule has 0 radical (unpaired) electrons. The average molecular weight is 312 g/mol. The maximum Gasteiger partial charge on any atom is 0.321 e. The minimum atomic E-state index is -3.73. The molecule has 0 aliphatic carbocycles. The van der Waals surface area contributed by atoms with Gasteiger partial charge in [-0.1, -0.05) is 31.9 Å². The van der Waals surface area contributed by atoms with Crippen molar-refractivity contribution in [3.05, 3.63) is 29.8 Å². The Labute approximate surface area is 125 Å². The van der Waals surface area contributed by atoms with Gasteiger partial charge in [0.25, 0.3) is 0 Å². The zero-order chi connectivity index (χ0) is 15.9. The van der Waals surface area contributed by atoms with Gasteiger partial charge in [0, 0.05) is 5.56 Å². The standard InChI is InChI=1S/C15H20O5S/c1-3-4-5-10-20-15(17)11-21(18,19)14-8-6-13(7-9-14)12(2)16/h6-9H,3-5,10-11H2,1-2H3. The van der Waals surface area contributed by atoms with Gasteiger partial charge < -0.3 is 4.74 Å². The summed E-state index contributed by atoms with van der Waals surface area (Å²) in [5.74, 6) is -1.57. The van der Waals surface area contributed by atoms with Crippen LogP contribution >= 0.6 is 0 Å². The van der Waals surface area contributed by atoms with Crippen molar-refractivity contribution >= 4 is 21.6 Å². The average Bonchev–Trinajstić information content (AvgIpc) is 2.43. The Morgan fingerprint density at radius 2 is 1.71 bits per heavy atom. The van der Waals surface area contributed by atoms with E-state index in [0.29, 0.717) is 5.56 Å². The molecule has 116 valence electrons. The summed E-state index contributed by atoms with van der Waals surface area (Å²) in [6, 6.07) is 5.52. The number of hydrogen-bond acceptors (Lipinski definition) is 5. The number of Topliss-reactive ketones (excluding diaryl/α,β-unsaturated/α-hetero) is 1. The molecule has 1 rings (SSSR count). The van der Waals surface area contributed by atoms with Gasteiger partial charge in [0.15, 0.2) is 21.4 Å². The second kappa shape index (κ2) is 7.93. The number of ether oxygens (including phenoxy) is 1. The lowest BCUT2D eigenvalue weighted by atomic mass is 10.2. The summed E-state index contributed by atoms with van der Waals surface area (Å²) >= 11 is 0. The van der Waals surface area contributed by atoms with Crippen molar-refractivity contribution in [2.24, 2.45) is 0 Å². The number of rotatable bonds is 8. The van der Waals surface area contributed by atoms with Gasteiger partial charge >= 0.3 is 5.97 Å². The molecule has 0 bridgehead atoms. The highest BCUT2D eigenvalue weighted by molar-refractivity contribution is 7.92. The molecule has 0 fully saturated rings. The number of carbonyl (C=O) groups excluding carboxylic acids is 2. The fraction of sp³-hybridized carbons (Fsp3) is 0.467. The topological polar surface area (TPSA) is 77.5 Å². The SMILES string of the molecule is CCCCCOC(=O)CS(=O)(=O)c1ccc(C(C)=O)cc1. The van der Waals surface area contributed by atoms with E-state index in [1.54, 1.807) is 0 Å². The molecular formula is C15H20O5S. The molecule has 1 aromatic carbocycles. The van der Waals surface area contributed by atoms with Gasteiger partial charge in [-0.25, -0.2) is 8.42 Å². The van der Waals surface area contributed by atoms with Crippen LogP contribution in [-0.4, -0.2) is 32.5 Å². The van der Waals surface area contributed by atoms with E-state index in [1.807, 2.05) is 6.92 Å². The summed E-state index contributed by atoms with van der Waals surface area (Å²) in [7, 11) is -3.73. The van der Waals surface area contributed by atoms with Crippen LogP contribution in [0.1, 0.15) is 43.5 Å². The molecule has 0 unspecified atom stereocenters. The first-order valence-corrected chi connectivity index (χ1v) is 8.51. The number of esters is 1. The van der Waals surface area contributed by atoms with Gasteiger partial charge in [-0.3, -0.25) is 9.59 Å². The molecule has 0 heterocycles. The van der Waals surface area contributed by atoms with Crippen LogP contribution in [0.2, 0.25) is 0 Å². The van der Waals surface area contributed by atoms with Gasteiger partial charge in [0.1, 0.15) is 0 Å². The van der Waals surface area contributed by atoms with Crippen LogP contribution in [0, 0.1) is 0 Å². The summed E-state index contributed by atoms with van der Waals surface area (Å²) < 4.78 is 28.9. The largest absolute Gasteiger partial charge is 0.465 e. The summed E-state index contributed by atoms with van der Waals surface area (Å²) in [6.07, 6.45) is 2.67. The van der Waals surface area contributed by atoms with E-state index in [0.717, 1.165) is 19.3 Å². The minimum absolute atomic E-state index is 0.0120. The summed E-state index contributed by atoms with van der Waals surface area (Å²) in [5.41, 5.74) is 0.427. The quantitative estimate of drug-likeness (QED) is 0.418. The number of ketones is 1. The Morgan fingerprint density at radius 3 is 2.24 bits per heavy atom. The summed E-state index contributed by atoms with van der Waals surface area (Å²) in [5, 5.41) is 0. The molecule has 21 heavy (non-hydrogen) atoms. The molecule has 0 saturated heterocycles. The van der Waals surface area contributed by atoms with Gasteiger partial charge in [-0.05, 0) is 25.5 Å². The third-order valence-corrected chi connectivity index (χ3v) is 4.54. The number of benzene rings is 1. The maximum atomic E-state index is 12.0. The molecule has 0 atom stereocenters. The number of hydrogen-bond donors (Lipinski definition) is 0. The fourth-order valence-corrected chi connectivity index (χ4v) is 2.83. The van der Waals surface area contributed by atoms with Crippen LogP contribution in [0.15, 0.2) is 29.2 Å². The van der Waals surface area contributed by atoms with E-state index in [2.05, 4.69) is 0 Å². The van der Waals surface area contributed by atoms with Crippen molar-refractivity contribution in [1.82, 2.24) is 0 Å². The zero-order valence-corrected chi connectivity index (χ0v) is 13.1. The molecule has 0 spiro atoms. The zero-order valence-electron chi connectivity index (χ0n) is 12.3. The lowest BCUT2D eigenvalue weighted by Crippen LogP contribution is -2.19. The molecule has 0 aliphatic rings. The van der Waals surface area contributed by atoms with Crippen molar-refractivity contribution in [2.75, 3.05) is 12.4 Å². The van der Waals surface area contributed by atoms with Crippen molar-refractivity contribution in [3.63, 3.8) is 0 Å². The maximum absolute atomic E-state index is 12.0. The highest BCUT2D eigenvalue weighted by atomic mass is 32.2. The first-order valence-electron chi connectivity index (χ1n) is 6.86. The van der Waals surface area contributed by atoms with Crippen molar-refractivity contribution in [3.8, 4) is 0 Å². The van der Waals surface area contributed by atoms with E-state index >= 15 is 0 Å². The van der Waals surface area contributed by atoms with Crippen LogP contribution < -0.4 is 0 Å². The van der Waals surface area contributed by atoms with Crippen molar-refractivity contribution in [1.29, 1.82) is 0 Å². The smallest absolute Gasteiger partial charge is 0.321 e. The molecular weight excluding hydrogens is 292 g/mol. The third-order valence-electron chi connectivity index (χ3n) is 2.94. The van der Waals surface area contributed by atoms with Crippen LogP contribution in [0.4, 0.5) is 0 Å². The lowest BCUT2D eigenvalue weighted by Gasteiger charge is -2.06. The molecule has 0 amide bonds. The monoisotopic (exact) mass is 312 g/mol. The lowest BCUT2D eigenvalue weighted by molar-refractivity contribution is -0.140. The van der Waals surface area contributed by atoms with E-state index in [9.17, 15) is 18.0 Å². The molecule has 5 nitrogen and oxygen atoms in total. The van der Waals surface area contributed by atoms with Gasteiger partial charge in [0.05, 0.1) is 11.5 Å². The molecule has 0 aliphatic heterocycles. The van der Waals surface area contributed by atoms with Crippen LogP contribution in [0.5, 0.6) is 0 Å². The molecule has 1 aromatic rings. The van der Waals surface area contributed by atoms with Crippen molar-refractivity contribution in [2.45, 2.75) is 38.0 Å². The Morgan fingerprint density at radius 1 is 1.10 bits per heavy atom. The first-order chi connectivity index (χ1) is 9.86. The second-order valence-electron chi connectivity index (χ2n) is 4.77. The Hall–Kier alpha value is -1.69. The predicted octanol–water partition coefficient (Wildman–Crippen LogP) is 2.40. The van der Waals surface area contributed by atoms with Crippen LogP contribution in [0.25, 0.3) is 0 Å². The minimum Gasteiger partial charge on any atom is -0.465 e. The number of carbonyl (C=O) groups is 2. The highest BCUT2D eigenvalue weighted by Gasteiger charge is 2.20. The fourth-order valence-electron chi connectivity index (χ4n) is 1.72. The van der Waals surface area contributed by atoms with Gasteiger partial charge in [-0.2, -0.15) is 0 Å². The Kier molecular flexibility index (Phi) is 6.55. The first kappa shape index (κ1) is 17.4. The molecule has 0 saturated carbocycles. The number of sulfone groups is 1. The van der Waals surface area contributed by atoms with E-state index in [-0.39, 0.29) is 17.3 Å². The number of unbranched alkanes of at least 4 members (excludes halogenated alkanes) is 2. The Bertz CT molecular complexity index is 587. The second-order valence-corrected chi connectivity index (χ2v) is 6.76. The van der Waals surface area contributed by atoms with Gasteiger partial charge in [-0.15, -0.1) is 0 Å². The predicted molar refractivity (Wildman–Crippen MR) is 79.0 cm³/mol. The molecule has 6 heteroatoms. The molecule has 0 aromatic heterocycles. The van der Waals surface area contributed by atoms with E-state index in [1.165, 1.54) is 31.2 Å². The highest BCUT2D eigenvalue weighted by Crippen LogP contribution is 2.13. The van der Waals surface area contributed by atoms with Crippen LogP contribution in [-0.2, 0) is 19.4 Å².